The molecule has 1 aliphatic rings. The van der Waals surface area contributed by atoms with Crippen LogP contribution in [-0.4, -0.2) is 33.7 Å². The van der Waals surface area contributed by atoms with Crippen molar-refractivity contribution >= 4 is 23.7 Å². The Kier molecular flexibility index (Phi) is 6.40. The second kappa shape index (κ2) is 7.58. The van der Waals surface area contributed by atoms with Crippen LogP contribution < -0.4 is 0 Å². The fourth-order valence-corrected chi connectivity index (χ4v) is 3.37. The first-order valence-corrected chi connectivity index (χ1v) is 7.30. The van der Waals surface area contributed by atoms with Gasteiger partial charge in [-0.15, -0.1) is 0 Å². The maximum atomic E-state index is 11.0. The van der Waals surface area contributed by atoms with E-state index in [-0.39, 0.29) is 11.8 Å². The average molecular weight is 260 g/mol. The molecule has 4 nitrogen and oxygen atoms in total. The van der Waals surface area contributed by atoms with Crippen molar-refractivity contribution < 1.29 is 19.8 Å². The van der Waals surface area contributed by atoms with Crippen molar-refractivity contribution in [2.75, 3.05) is 11.5 Å². The summed E-state index contributed by atoms with van der Waals surface area (Å²) in [6, 6.07) is 0. The van der Waals surface area contributed by atoms with E-state index in [4.69, 9.17) is 10.2 Å². The van der Waals surface area contributed by atoms with Crippen LogP contribution in [0.4, 0.5) is 0 Å². The maximum absolute atomic E-state index is 11.0. The van der Waals surface area contributed by atoms with Crippen molar-refractivity contribution in [2.24, 2.45) is 11.8 Å². The summed E-state index contributed by atoms with van der Waals surface area (Å²) in [4.78, 5) is 22.0. The minimum Gasteiger partial charge on any atom is -0.481 e. The third-order valence-electron chi connectivity index (χ3n) is 3.19. The van der Waals surface area contributed by atoms with Gasteiger partial charge in [0, 0.05) is 11.5 Å². The van der Waals surface area contributed by atoms with Crippen molar-refractivity contribution in [1.82, 2.24) is 0 Å². The van der Waals surface area contributed by atoms with E-state index in [1.54, 1.807) is 0 Å². The Morgan fingerprint density at radius 3 is 1.59 bits per heavy atom. The normalized spacial score (nSPS) is 28.0. The lowest BCUT2D eigenvalue weighted by Gasteiger charge is -2.13. The molecular formula is C12H20O4S. The number of rotatable bonds is 2. The summed E-state index contributed by atoms with van der Waals surface area (Å²) in [7, 11) is 0. The Hall–Kier alpha value is -0.710. The van der Waals surface area contributed by atoms with Gasteiger partial charge in [-0.2, -0.15) is 11.8 Å². The molecule has 1 rings (SSSR count). The fraction of sp³-hybridized carbons (Fsp3) is 0.833. The molecule has 0 saturated carbocycles. The molecule has 1 aliphatic heterocycles. The zero-order chi connectivity index (χ0) is 12.7. The van der Waals surface area contributed by atoms with Gasteiger partial charge in [0.05, 0.1) is 11.8 Å². The number of hydrogen-bond acceptors (Lipinski definition) is 3. The van der Waals surface area contributed by atoms with Gasteiger partial charge in [0.2, 0.25) is 0 Å². The molecule has 0 radical (unpaired) electrons. The molecule has 2 atom stereocenters. The Morgan fingerprint density at radius 2 is 1.24 bits per heavy atom. The van der Waals surface area contributed by atoms with Gasteiger partial charge in [0.25, 0.3) is 0 Å². The third kappa shape index (κ3) is 5.44. The molecular weight excluding hydrogens is 240 g/mol. The van der Waals surface area contributed by atoms with Gasteiger partial charge in [0.15, 0.2) is 0 Å². The molecule has 5 heteroatoms. The highest BCUT2D eigenvalue weighted by Gasteiger charge is 2.22. The summed E-state index contributed by atoms with van der Waals surface area (Å²) in [6.07, 6.45) is 5.35. The quantitative estimate of drug-likeness (QED) is 0.797. The van der Waals surface area contributed by atoms with Crippen LogP contribution in [0.5, 0.6) is 0 Å². The van der Waals surface area contributed by atoms with E-state index in [1.807, 2.05) is 0 Å². The summed E-state index contributed by atoms with van der Waals surface area (Å²) in [6.45, 7) is 0. The van der Waals surface area contributed by atoms with Crippen LogP contribution in [0.2, 0.25) is 0 Å². The molecule has 0 aromatic carbocycles. The van der Waals surface area contributed by atoms with Crippen molar-refractivity contribution in [2.45, 2.75) is 38.5 Å². The topological polar surface area (TPSA) is 74.6 Å². The molecule has 17 heavy (non-hydrogen) atoms. The van der Waals surface area contributed by atoms with Gasteiger partial charge < -0.3 is 10.2 Å². The Labute approximate surface area is 106 Å². The second-order valence-electron chi connectivity index (χ2n) is 4.60. The van der Waals surface area contributed by atoms with E-state index in [1.165, 1.54) is 11.8 Å². The van der Waals surface area contributed by atoms with Crippen LogP contribution in [-0.2, 0) is 9.59 Å². The smallest absolute Gasteiger partial charge is 0.307 e. The van der Waals surface area contributed by atoms with Crippen LogP contribution in [0.25, 0.3) is 0 Å². The first kappa shape index (κ1) is 14.4. The van der Waals surface area contributed by atoms with Crippen molar-refractivity contribution in [3.05, 3.63) is 0 Å². The standard InChI is InChI=1S/C12H20O4S/c13-11(14)9-5-3-1-2-4-6-10(12(15)16)8-17-7-9/h9-10H,1-8H2,(H,13,14)(H,15,16). The molecule has 1 fully saturated rings. The molecule has 0 bridgehead atoms. The summed E-state index contributed by atoms with van der Waals surface area (Å²) in [5.41, 5.74) is 0. The van der Waals surface area contributed by atoms with Gasteiger partial charge in [-0.25, -0.2) is 0 Å². The Bertz CT molecular complexity index is 241. The Balaban J connectivity index is 2.51. The highest BCUT2D eigenvalue weighted by molar-refractivity contribution is 7.99. The zero-order valence-corrected chi connectivity index (χ0v) is 10.7. The van der Waals surface area contributed by atoms with Crippen LogP contribution in [0, 0.1) is 11.8 Å². The summed E-state index contributed by atoms with van der Waals surface area (Å²) < 4.78 is 0. The third-order valence-corrected chi connectivity index (χ3v) is 4.47. The molecule has 0 aliphatic carbocycles. The molecule has 0 amide bonds. The zero-order valence-electron chi connectivity index (χ0n) is 9.93. The molecule has 0 aromatic rings. The molecule has 0 aromatic heterocycles. The monoisotopic (exact) mass is 260 g/mol. The van der Waals surface area contributed by atoms with E-state index < -0.39 is 11.9 Å². The van der Waals surface area contributed by atoms with Crippen LogP contribution in [0.3, 0.4) is 0 Å². The van der Waals surface area contributed by atoms with E-state index in [0.717, 1.165) is 38.5 Å². The van der Waals surface area contributed by atoms with Crippen LogP contribution in [0.1, 0.15) is 38.5 Å². The predicted octanol–water partition coefficient (Wildman–Crippen LogP) is 2.48. The Morgan fingerprint density at radius 1 is 0.824 bits per heavy atom. The fourth-order valence-electron chi connectivity index (χ4n) is 2.04. The number of aliphatic carboxylic acids is 2. The minimum atomic E-state index is -0.747. The van der Waals surface area contributed by atoms with Gasteiger partial charge in [-0.3, -0.25) is 9.59 Å². The second-order valence-corrected chi connectivity index (χ2v) is 5.67. The first-order chi connectivity index (χ1) is 8.11. The minimum absolute atomic E-state index is 0.312. The van der Waals surface area contributed by atoms with Gasteiger partial charge in [0.1, 0.15) is 0 Å². The SMILES string of the molecule is O=C(O)C1CCCCCCC(C(=O)O)CSC1. The molecule has 0 spiro atoms. The number of thioether (sulfide) groups is 1. The van der Waals surface area contributed by atoms with Gasteiger partial charge in [-0.1, -0.05) is 25.7 Å². The molecule has 1 saturated heterocycles. The van der Waals surface area contributed by atoms with Crippen LogP contribution in [0.15, 0.2) is 0 Å². The molecule has 1 heterocycles. The van der Waals surface area contributed by atoms with E-state index in [2.05, 4.69) is 0 Å². The highest BCUT2D eigenvalue weighted by Crippen LogP contribution is 2.23. The van der Waals surface area contributed by atoms with Crippen molar-refractivity contribution in [3.63, 3.8) is 0 Å². The summed E-state index contributed by atoms with van der Waals surface area (Å²) in [5, 5.41) is 18.1. The summed E-state index contributed by atoms with van der Waals surface area (Å²) in [5.74, 6) is -1.04. The largest absolute Gasteiger partial charge is 0.481 e. The first-order valence-electron chi connectivity index (χ1n) is 6.14. The lowest BCUT2D eigenvalue weighted by Crippen LogP contribution is -2.19. The number of carboxylic acid groups (broad SMARTS) is 2. The van der Waals surface area contributed by atoms with Crippen molar-refractivity contribution in [3.8, 4) is 0 Å². The highest BCUT2D eigenvalue weighted by atomic mass is 32.2. The van der Waals surface area contributed by atoms with E-state index in [9.17, 15) is 9.59 Å². The van der Waals surface area contributed by atoms with Crippen LogP contribution >= 0.6 is 11.8 Å². The van der Waals surface area contributed by atoms with E-state index in [0.29, 0.717) is 11.5 Å². The molecule has 98 valence electrons. The average Bonchev–Trinajstić information content (AvgIpc) is 2.31. The molecule has 2 N–H and O–H groups in total. The predicted molar refractivity (Wildman–Crippen MR) is 67.3 cm³/mol. The van der Waals surface area contributed by atoms with Gasteiger partial charge in [-0.05, 0) is 12.8 Å². The van der Waals surface area contributed by atoms with Gasteiger partial charge >= 0.3 is 11.9 Å². The number of carbonyl (C=O) groups is 2. The lowest BCUT2D eigenvalue weighted by atomic mass is 10.00. The van der Waals surface area contributed by atoms with Crippen molar-refractivity contribution in [1.29, 1.82) is 0 Å². The number of hydrogen-bond donors (Lipinski definition) is 2. The number of carboxylic acids is 2. The summed E-state index contributed by atoms with van der Waals surface area (Å²) >= 11 is 1.47. The molecule has 2 unspecified atom stereocenters. The maximum Gasteiger partial charge on any atom is 0.307 e. The lowest BCUT2D eigenvalue weighted by molar-refractivity contribution is -0.142. The van der Waals surface area contributed by atoms with E-state index >= 15 is 0 Å².